The lowest BCUT2D eigenvalue weighted by atomic mass is 10.0. The number of nitro groups is 2. The highest BCUT2D eigenvalue weighted by Crippen LogP contribution is 2.31. The average Bonchev–Trinajstić information content (AvgIpc) is 2.66. The van der Waals surface area contributed by atoms with Crippen LogP contribution in [0.5, 0.6) is 0 Å². The summed E-state index contributed by atoms with van der Waals surface area (Å²) < 4.78 is 25.5. The summed E-state index contributed by atoms with van der Waals surface area (Å²) in [5, 5.41) is 22.2. The van der Waals surface area contributed by atoms with Gasteiger partial charge in [-0.2, -0.15) is 0 Å². The Morgan fingerprint density at radius 2 is 1.56 bits per heavy atom. The molecular formula is C17H16N2O7S. The summed E-state index contributed by atoms with van der Waals surface area (Å²) in [6.07, 6.45) is -0.936. The van der Waals surface area contributed by atoms with Crippen LogP contribution in [0.25, 0.3) is 0 Å². The predicted molar refractivity (Wildman–Crippen MR) is 95.7 cm³/mol. The number of sulfone groups is 1. The molecule has 0 heterocycles. The van der Waals surface area contributed by atoms with Crippen molar-refractivity contribution >= 4 is 21.3 Å². The molecule has 0 aliphatic carbocycles. The van der Waals surface area contributed by atoms with Crippen molar-refractivity contribution in [1.82, 2.24) is 0 Å². The maximum atomic E-state index is 12.7. The van der Waals surface area contributed by atoms with Gasteiger partial charge in [0.2, 0.25) is 9.84 Å². The number of benzene rings is 2. The molecule has 0 spiro atoms. The molecule has 0 amide bonds. The molecule has 142 valence electrons. The lowest BCUT2D eigenvalue weighted by molar-refractivity contribution is -0.536. The number of carbonyl (C=O) groups is 1. The smallest absolute Gasteiger partial charge is 0.294 e. The van der Waals surface area contributed by atoms with Crippen LogP contribution in [0.4, 0.5) is 5.69 Å². The Hall–Kier alpha value is -3.14. The highest BCUT2D eigenvalue weighted by atomic mass is 32.2. The second-order valence-corrected chi connectivity index (χ2v) is 8.33. The van der Waals surface area contributed by atoms with Crippen LogP contribution in [0, 0.1) is 20.2 Å². The van der Waals surface area contributed by atoms with Crippen molar-refractivity contribution in [3.63, 3.8) is 0 Å². The van der Waals surface area contributed by atoms with Crippen LogP contribution in [-0.2, 0) is 9.84 Å². The minimum atomic E-state index is -4.34. The number of hydrogen-bond acceptors (Lipinski definition) is 7. The van der Waals surface area contributed by atoms with E-state index in [-0.39, 0.29) is 16.1 Å². The topological polar surface area (TPSA) is 137 Å². The van der Waals surface area contributed by atoms with E-state index in [1.165, 1.54) is 36.4 Å². The molecule has 0 radical (unpaired) electrons. The quantitative estimate of drug-likeness (QED) is 0.382. The number of Topliss-reactive ketones (excluding diaryl/α,β-unsaturated/α-hetero) is 1. The highest BCUT2D eigenvalue weighted by Gasteiger charge is 2.51. The minimum absolute atomic E-state index is 0.114. The van der Waals surface area contributed by atoms with Crippen LogP contribution < -0.4 is 0 Å². The zero-order valence-electron chi connectivity index (χ0n) is 14.3. The van der Waals surface area contributed by atoms with Crippen molar-refractivity contribution in [2.24, 2.45) is 0 Å². The van der Waals surface area contributed by atoms with Crippen LogP contribution in [0.1, 0.15) is 30.1 Å². The van der Waals surface area contributed by atoms with Crippen LogP contribution >= 0.6 is 0 Å². The maximum absolute atomic E-state index is 12.7. The number of carbonyl (C=O) groups excluding carboxylic acids is 1. The molecule has 9 nitrogen and oxygen atoms in total. The first-order valence-corrected chi connectivity index (χ1v) is 9.30. The van der Waals surface area contributed by atoms with Gasteiger partial charge in [-0.05, 0) is 24.3 Å². The summed E-state index contributed by atoms with van der Waals surface area (Å²) in [7, 11) is -4.34. The first kappa shape index (κ1) is 20.2. The third-order valence-corrected chi connectivity index (χ3v) is 6.64. The number of hydrogen-bond donors (Lipinski definition) is 0. The van der Waals surface area contributed by atoms with Gasteiger partial charge in [0.15, 0.2) is 5.78 Å². The van der Waals surface area contributed by atoms with Crippen LogP contribution in [0.2, 0.25) is 0 Å². The molecule has 0 fully saturated rings. The number of non-ortho nitro benzene ring substituents is 1. The van der Waals surface area contributed by atoms with E-state index >= 15 is 0 Å². The molecular weight excluding hydrogens is 376 g/mol. The molecule has 10 heteroatoms. The van der Waals surface area contributed by atoms with E-state index in [1.807, 2.05) is 0 Å². The fourth-order valence-electron chi connectivity index (χ4n) is 2.44. The van der Waals surface area contributed by atoms with Gasteiger partial charge < -0.3 is 0 Å². The molecule has 2 aromatic rings. The zero-order chi connectivity index (χ0) is 20.2. The van der Waals surface area contributed by atoms with E-state index in [0.29, 0.717) is 0 Å². The first-order valence-electron chi connectivity index (χ1n) is 7.81. The van der Waals surface area contributed by atoms with Crippen molar-refractivity contribution in [3.8, 4) is 0 Å². The standard InChI is InChI=1S/C17H16N2O7S/c1-17(19(23)24,27(25,26)15-5-3-2-4-6-15)12-11-16(20)13-7-9-14(10-8-13)18(21)22/h2-10H,11-12H2,1H3/t17-/m1/s1. The summed E-state index contributed by atoms with van der Waals surface area (Å²) in [6, 6.07) is 11.8. The van der Waals surface area contributed by atoms with Gasteiger partial charge in [-0.15, -0.1) is 0 Å². The third-order valence-electron chi connectivity index (χ3n) is 4.23. The van der Waals surface area contributed by atoms with E-state index < -0.39 is 43.2 Å². The second kappa shape index (κ2) is 7.62. The first-order chi connectivity index (χ1) is 12.6. The van der Waals surface area contributed by atoms with Crippen LogP contribution in [0.3, 0.4) is 0 Å². The number of nitro benzene ring substituents is 1. The molecule has 0 saturated carbocycles. The molecule has 2 rings (SSSR count). The molecule has 0 aliphatic heterocycles. The molecule has 0 unspecified atom stereocenters. The number of nitrogens with zero attached hydrogens (tertiary/aromatic N) is 2. The van der Waals surface area contributed by atoms with E-state index in [9.17, 15) is 33.4 Å². The zero-order valence-corrected chi connectivity index (χ0v) is 15.1. The number of rotatable bonds is 8. The van der Waals surface area contributed by atoms with E-state index in [1.54, 1.807) is 6.07 Å². The summed E-state index contributed by atoms with van der Waals surface area (Å²) in [5.74, 6) is -0.541. The van der Waals surface area contributed by atoms with Gasteiger partial charge >= 0.3 is 4.87 Å². The van der Waals surface area contributed by atoms with E-state index in [2.05, 4.69) is 0 Å². The molecule has 0 aromatic heterocycles. The normalized spacial score (nSPS) is 13.5. The Balaban J connectivity index is 2.25. The van der Waals surface area contributed by atoms with Crippen LogP contribution in [-0.4, -0.2) is 28.9 Å². The molecule has 0 aliphatic rings. The Labute approximate surface area is 154 Å². The van der Waals surface area contributed by atoms with Crippen LogP contribution in [0.15, 0.2) is 59.5 Å². The molecule has 2 aromatic carbocycles. The van der Waals surface area contributed by atoms with Crippen molar-refractivity contribution in [2.75, 3.05) is 0 Å². The van der Waals surface area contributed by atoms with Gasteiger partial charge in [0.1, 0.15) is 0 Å². The van der Waals surface area contributed by atoms with E-state index in [0.717, 1.165) is 19.1 Å². The Morgan fingerprint density at radius 1 is 1.00 bits per heavy atom. The molecule has 27 heavy (non-hydrogen) atoms. The predicted octanol–water partition coefficient (Wildman–Crippen LogP) is 3.02. The SMILES string of the molecule is C[C@@](CCC(=O)c1ccc([N+](=O)[O-])cc1)([N+](=O)[O-])S(=O)(=O)c1ccccc1. The van der Waals surface area contributed by atoms with Gasteiger partial charge in [0, 0.05) is 42.4 Å². The van der Waals surface area contributed by atoms with Gasteiger partial charge in [-0.1, -0.05) is 18.2 Å². The Morgan fingerprint density at radius 3 is 2.04 bits per heavy atom. The fraction of sp³-hybridized carbons (Fsp3) is 0.235. The van der Waals surface area contributed by atoms with E-state index in [4.69, 9.17) is 0 Å². The van der Waals surface area contributed by atoms with Gasteiger partial charge in [0.05, 0.1) is 9.82 Å². The summed E-state index contributed by atoms with van der Waals surface area (Å²) in [5.41, 5.74) is -0.0863. The lowest BCUT2D eigenvalue weighted by Crippen LogP contribution is -2.43. The van der Waals surface area contributed by atoms with Gasteiger partial charge in [0.25, 0.3) is 5.69 Å². The van der Waals surface area contributed by atoms with Crippen molar-refractivity contribution < 1.29 is 23.1 Å². The molecule has 0 N–H and O–H groups in total. The summed E-state index contributed by atoms with van der Waals surface area (Å²) in [4.78, 5) is 30.3. The van der Waals surface area contributed by atoms with Crippen molar-refractivity contribution in [3.05, 3.63) is 80.4 Å². The Bertz CT molecular complexity index is 972. The second-order valence-electron chi connectivity index (χ2n) is 5.98. The monoisotopic (exact) mass is 392 g/mol. The van der Waals surface area contributed by atoms with Crippen molar-refractivity contribution in [1.29, 1.82) is 0 Å². The largest absolute Gasteiger partial charge is 0.321 e. The van der Waals surface area contributed by atoms with Gasteiger partial charge in [-0.3, -0.25) is 25.0 Å². The van der Waals surface area contributed by atoms with Crippen molar-refractivity contribution in [2.45, 2.75) is 29.5 Å². The minimum Gasteiger partial charge on any atom is -0.294 e. The molecule has 0 bridgehead atoms. The summed E-state index contributed by atoms with van der Waals surface area (Å²) in [6.45, 7) is 0.971. The number of ketones is 1. The average molecular weight is 392 g/mol. The molecule has 1 atom stereocenters. The third kappa shape index (κ3) is 4.00. The summed E-state index contributed by atoms with van der Waals surface area (Å²) >= 11 is 0. The van der Waals surface area contributed by atoms with Gasteiger partial charge in [-0.25, -0.2) is 8.42 Å². The lowest BCUT2D eigenvalue weighted by Gasteiger charge is -2.21. The Kier molecular flexibility index (Phi) is 5.69. The highest BCUT2D eigenvalue weighted by molar-refractivity contribution is 7.92. The maximum Gasteiger partial charge on any atom is 0.321 e. The fourth-order valence-corrected chi connectivity index (χ4v) is 4.03. The molecule has 0 saturated heterocycles.